The Morgan fingerprint density at radius 2 is 2.00 bits per heavy atom. The second kappa shape index (κ2) is 7.69. The summed E-state index contributed by atoms with van der Waals surface area (Å²) in [5.41, 5.74) is 2.86. The van der Waals surface area contributed by atoms with Crippen LogP contribution in [0, 0.1) is 0 Å². The summed E-state index contributed by atoms with van der Waals surface area (Å²) in [5.74, 6) is -0.170. The molecule has 7 heteroatoms. The molecule has 22 heavy (non-hydrogen) atoms. The van der Waals surface area contributed by atoms with E-state index in [9.17, 15) is 9.59 Å². The van der Waals surface area contributed by atoms with Crippen molar-refractivity contribution in [3.63, 3.8) is 0 Å². The third-order valence-corrected chi connectivity index (χ3v) is 4.30. The minimum atomic E-state index is -0.124. The first-order valence-corrected chi connectivity index (χ1v) is 7.92. The van der Waals surface area contributed by atoms with E-state index < -0.39 is 0 Å². The van der Waals surface area contributed by atoms with Gasteiger partial charge in [0, 0.05) is 58.3 Å². The first-order chi connectivity index (χ1) is 10.5. The van der Waals surface area contributed by atoms with Crippen LogP contribution in [0.25, 0.3) is 0 Å². The molecule has 2 amide bonds. The molecule has 0 bridgehead atoms. The molecule has 2 rings (SSSR count). The van der Waals surface area contributed by atoms with E-state index >= 15 is 0 Å². The smallest absolute Gasteiger partial charge is 0.270 e. The molecule has 0 spiro atoms. The predicted octanol–water partition coefficient (Wildman–Crippen LogP) is 0.210. The van der Waals surface area contributed by atoms with Crippen LogP contribution in [0.4, 0.5) is 0 Å². The molecule has 0 aromatic carbocycles. The fourth-order valence-electron chi connectivity index (χ4n) is 3.17. The highest BCUT2D eigenvalue weighted by atomic mass is 16.5. The van der Waals surface area contributed by atoms with Gasteiger partial charge in [-0.3, -0.25) is 14.5 Å². The maximum Gasteiger partial charge on any atom is 0.270 e. The highest BCUT2D eigenvalue weighted by Crippen LogP contribution is 2.17. The zero-order valence-electron chi connectivity index (χ0n) is 13.7. The molecule has 0 aliphatic carbocycles. The van der Waals surface area contributed by atoms with Crippen molar-refractivity contribution in [2.45, 2.75) is 45.2 Å². The maximum absolute atomic E-state index is 12.5. The number of nitrogens with zero attached hydrogens (tertiary/aromatic N) is 3. The molecule has 0 aromatic heterocycles. The second-order valence-corrected chi connectivity index (χ2v) is 6.09. The molecule has 2 atom stereocenters. The first-order valence-electron chi connectivity index (χ1n) is 7.92. The van der Waals surface area contributed by atoms with Gasteiger partial charge in [0.1, 0.15) is 5.71 Å². The minimum Gasteiger partial charge on any atom is -0.385 e. The van der Waals surface area contributed by atoms with Gasteiger partial charge in [-0.1, -0.05) is 0 Å². The van der Waals surface area contributed by atoms with E-state index in [0.717, 1.165) is 19.6 Å². The standard InChI is InChI=1S/C15H26N4O3/c1-11-9-18(10-12(2)19(11)7-4-8-22-3)15(21)13-5-6-14(20)17-16-13/h11-12H,4-10H2,1-3H3,(H,17,20). The van der Waals surface area contributed by atoms with Crippen molar-refractivity contribution in [3.05, 3.63) is 0 Å². The van der Waals surface area contributed by atoms with Crippen LogP contribution in [0.15, 0.2) is 5.10 Å². The van der Waals surface area contributed by atoms with Crippen molar-refractivity contribution in [1.82, 2.24) is 15.2 Å². The lowest BCUT2D eigenvalue weighted by Gasteiger charge is -2.44. The molecule has 2 unspecified atom stereocenters. The highest BCUT2D eigenvalue weighted by Gasteiger charge is 2.33. The van der Waals surface area contributed by atoms with E-state index in [2.05, 4.69) is 29.3 Å². The second-order valence-electron chi connectivity index (χ2n) is 6.09. The van der Waals surface area contributed by atoms with Crippen LogP contribution in [-0.4, -0.2) is 72.8 Å². The number of hydrazone groups is 1. The Morgan fingerprint density at radius 1 is 1.32 bits per heavy atom. The quantitative estimate of drug-likeness (QED) is 0.737. The summed E-state index contributed by atoms with van der Waals surface area (Å²) in [6.45, 7) is 7.43. The van der Waals surface area contributed by atoms with Crippen LogP contribution in [0.5, 0.6) is 0 Å². The Bertz CT molecular complexity index is 440. The number of hydrogen-bond acceptors (Lipinski definition) is 5. The summed E-state index contributed by atoms with van der Waals surface area (Å²) in [7, 11) is 1.72. The molecule has 0 radical (unpaired) electrons. The van der Waals surface area contributed by atoms with Crippen molar-refractivity contribution in [2.24, 2.45) is 5.10 Å². The molecule has 1 fully saturated rings. The molecule has 1 N–H and O–H groups in total. The van der Waals surface area contributed by atoms with E-state index in [-0.39, 0.29) is 11.8 Å². The maximum atomic E-state index is 12.5. The van der Waals surface area contributed by atoms with Gasteiger partial charge < -0.3 is 9.64 Å². The third kappa shape index (κ3) is 4.04. The van der Waals surface area contributed by atoms with Gasteiger partial charge in [-0.15, -0.1) is 0 Å². The van der Waals surface area contributed by atoms with Gasteiger partial charge in [0.2, 0.25) is 5.91 Å². The van der Waals surface area contributed by atoms with E-state index in [1.165, 1.54) is 0 Å². The highest BCUT2D eigenvalue weighted by molar-refractivity contribution is 6.39. The largest absolute Gasteiger partial charge is 0.385 e. The first kappa shape index (κ1) is 16.9. The van der Waals surface area contributed by atoms with Gasteiger partial charge in [0.05, 0.1) is 0 Å². The predicted molar refractivity (Wildman–Crippen MR) is 83.5 cm³/mol. The number of ether oxygens (including phenoxy) is 1. The number of piperazine rings is 1. The number of hydrogen-bond donors (Lipinski definition) is 1. The number of methoxy groups -OCH3 is 1. The molecular weight excluding hydrogens is 284 g/mol. The molecule has 2 aliphatic heterocycles. The van der Waals surface area contributed by atoms with Gasteiger partial charge in [0.15, 0.2) is 0 Å². The lowest BCUT2D eigenvalue weighted by molar-refractivity contribution is -0.128. The summed E-state index contributed by atoms with van der Waals surface area (Å²) in [6, 6.07) is 0.617. The zero-order chi connectivity index (χ0) is 16.1. The summed E-state index contributed by atoms with van der Waals surface area (Å²) < 4.78 is 5.11. The van der Waals surface area contributed by atoms with E-state index in [1.807, 2.05) is 4.90 Å². The monoisotopic (exact) mass is 310 g/mol. The van der Waals surface area contributed by atoms with Gasteiger partial charge >= 0.3 is 0 Å². The van der Waals surface area contributed by atoms with Gasteiger partial charge in [-0.25, -0.2) is 5.43 Å². The van der Waals surface area contributed by atoms with Crippen molar-refractivity contribution in [3.8, 4) is 0 Å². The average molecular weight is 310 g/mol. The van der Waals surface area contributed by atoms with E-state index in [4.69, 9.17) is 4.74 Å². The summed E-state index contributed by atoms with van der Waals surface area (Å²) in [4.78, 5) is 27.9. The minimum absolute atomic E-state index is 0.0461. The Balaban J connectivity index is 1.92. The molecular formula is C15H26N4O3. The van der Waals surface area contributed by atoms with Crippen LogP contribution in [0.1, 0.15) is 33.1 Å². The molecule has 1 saturated heterocycles. The van der Waals surface area contributed by atoms with Gasteiger partial charge in [-0.2, -0.15) is 5.10 Å². The van der Waals surface area contributed by atoms with Gasteiger partial charge in [-0.05, 0) is 20.3 Å². The van der Waals surface area contributed by atoms with E-state index in [0.29, 0.717) is 43.7 Å². The number of carbonyl (C=O) groups excluding carboxylic acids is 2. The number of carbonyl (C=O) groups is 2. The van der Waals surface area contributed by atoms with Crippen molar-refractivity contribution in [1.29, 1.82) is 0 Å². The van der Waals surface area contributed by atoms with Crippen LogP contribution in [0.2, 0.25) is 0 Å². The zero-order valence-corrected chi connectivity index (χ0v) is 13.7. The fourth-order valence-corrected chi connectivity index (χ4v) is 3.17. The molecule has 0 aromatic rings. The normalized spacial score (nSPS) is 26.6. The molecule has 7 nitrogen and oxygen atoms in total. The Hall–Kier alpha value is -1.47. The van der Waals surface area contributed by atoms with Gasteiger partial charge in [0.25, 0.3) is 5.91 Å². The fraction of sp³-hybridized carbons (Fsp3) is 0.800. The van der Waals surface area contributed by atoms with Crippen LogP contribution in [-0.2, 0) is 14.3 Å². The number of amides is 2. The summed E-state index contributed by atoms with van der Waals surface area (Å²) in [5, 5.41) is 3.91. The topological polar surface area (TPSA) is 74.2 Å². The lowest BCUT2D eigenvalue weighted by Crippen LogP contribution is -2.59. The van der Waals surface area contributed by atoms with Crippen molar-refractivity contribution in [2.75, 3.05) is 33.4 Å². The summed E-state index contributed by atoms with van der Waals surface area (Å²) >= 11 is 0. The third-order valence-electron chi connectivity index (χ3n) is 4.30. The van der Waals surface area contributed by atoms with Crippen LogP contribution >= 0.6 is 0 Å². The number of nitrogens with one attached hydrogen (secondary N) is 1. The Morgan fingerprint density at radius 3 is 2.55 bits per heavy atom. The summed E-state index contributed by atoms with van der Waals surface area (Å²) in [6.07, 6.45) is 1.77. The van der Waals surface area contributed by atoms with Crippen molar-refractivity contribution >= 4 is 17.5 Å². The molecule has 0 saturated carbocycles. The van der Waals surface area contributed by atoms with Crippen LogP contribution in [0.3, 0.4) is 0 Å². The Kier molecular flexibility index (Phi) is 5.90. The SMILES string of the molecule is COCCCN1C(C)CN(C(=O)C2=NNC(=O)CC2)CC1C. The molecule has 2 aliphatic rings. The molecule has 124 valence electrons. The molecule has 2 heterocycles. The van der Waals surface area contributed by atoms with Crippen molar-refractivity contribution < 1.29 is 14.3 Å². The average Bonchev–Trinajstić information content (AvgIpc) is 2.50. The van der Waals surface area contributed by atoms with E-state index in [1.54, 1.807) is 7.11 Å². The Labute approximate surface area is 131 Å². The lowest BCUT2D eigenvalue weighted by atomic mass is 10.1. The van der Waals surface area contributed by atoms with Crippen LogP contribution < -0.4 is 5.43 Å². The number of rotatable bonds is 5.